The minimum absolute atomic E-state index is 0.705. The Balaban J connectivity index is 1.05. The lowest BCUT2D eigenvalue weighted by Gasteiger charge is -2.37. The summed E-state index contributed by atoms with van der Waals surface area (Å²) in [4.78, 5) is 5.05. The van der Waals surface area contributed by atoms with Crippen LogP contribution in [0.5, 0.6) is 0 Å². The van der Waals surface area contributed by atoms with E-state index in [0.29, 0.717) is 0 Å². The van der Waals surface area contributed by atoms with Crippen LogP contribution >= 0.6 is 11.3 Å². The van der Waals surface area contributed by atoms with Gasteiger partial charge in [-0.1, -0.05) is 218 Å². The Morgan fingerprint density at radius 3 is 1.66 bits per heavy atom. The average molecular weight is 983 g/mol. The van der Waals surface area contributed by atoms with E-state index in [1.807, 2.05) is 11.3 Å². The van der Waals surface area contributed by atoms with Crippen LogP contribution in [0.1, 0.15) is 22.3 Å². The molecule has 2 nitrogen and oxygen atoms in total. The third kappa shape index (κ3) is 6.09. The quantitative estimate of drug-likeness (QED) is 0.170. The van der Waals surface area contributed by atoms with Crippen LogP contribution in [-0.2, 0) is 5.41 Å². The Hall–Kier alpha value is -9.54. The normalized spacial score (nSPS) is 14.3. The number of fused-ring (bicyclic) bond motifs is 21. The van der Waals surface area contributed by atoms with Gasteiger partial charge >= 0.3 is 0 Å². The largest absolute Gasteiger partial charge is 0.308 e. The van der Waals surface area contributed by atoms with Crippen molar-refractivity contribution >= 4 is 65.6 Å². The Morgan fingerprint density at radius 2 is 0.882 bits per heavy atom. The Morgan fingerprint density at radius 1 is 0.329 bits per heavy atom. The highest BCUT2D eigenvalue weighted by atomic mass is 32.1. The van der Waals surface area contributed by atoms with Crippen molar-refractivity contribution < 1.29 is 0 Å². The highest BCUT2D eigenvalue weighted by Crippen LogP contribution is 2.64. The van der Waals surface area contributed by atoms with Crippen LogP contribution in [0.25, 0.3) is 86.9 Å². The van der Waals surface area contributed by atoms with Gasteiger partial charge in [-0.25, -0.2) is 0 Å². The van der Waals surface area contributed by atoms with Crippen molar-refractivity contribution in [3.8, 4) is 66.8 Å². The van der Waals surface area contributed by atoms with Gasteiger partial charge in [0.15, 0.2) is 0 Å². The summed E-state index contributed by atoms with van der Waals surface area (Å²) in [5, 5.41) is 2.65. The fraction of sp³-hybridized carbons (Fsp3) is 0.0137. The molecule has 12 aromatic carbocycles. The molecule has 0 amide bonds. The molecule has 0 fully saturated rings. The lowest BCUT2D eigenvalue weighted by Crippen LogP contribution is -2.29. The third-order valence-electron chi connectivity index (χ3n) is 16.4. The summed E-state index contributed by atoms with van der Waals surface area (Å²) in [6.45, 7) is 0. The lowest BCUT2D eigenvalue weighted by molar-refractivity contribution is 0.776. The maximum atomic E-state index is 2.57. The van der Waals surface area contributed by atoms with E-state index in [4.69, 9.17) is 0 Å². The molecule has 0 radical (unpaired) electrons. The highest BCUT2D eigenvalue weighted by Gasteiger charge is 2.51. The number of hydrogen-bond donors (Lipinski definition) is 0. The van der Waals surface area contributed by atoms with Gasteiger partial charge in [-0.05, 0) is 139 Å². The molecule has 1 aliphatic heterocycles. The monoisotopic (exact) mass is 982 g/mol. The predicted molar refractivity (Wildman–Crippen MR) is 320 cm³/mol. The van der Waals surface area contributed by atoms with Gasteiger partial charge in [0.25, 0.3) is 0 Å². The molecule has 13 aromatic rings. The summed E-state index contributed by atoms with van der Waals surface area (Å²) in [5.41, 5.74) is 25.7. The predicted octanol–water partition coefficient (Wildman–Crippen LogP) is 20.3. The molecule has 0 N–H and O–H groups in total. The Kier molecular flexibility index (Phi) is 9.45. The van der Waals surface area contributed by atoms with Gasteiger partial charge in [0, 0.05) is 48.4 Å². The number of anilines is 6. The van der Waals surface area contributed by atoms with Crippen LogP contribution in [0.4, 0.5) is 34.1 Å². The molecule has 2 aliphatic carbocycles. The summed E-state index contributed by atoms with van der Waals surface area (Å²) in [6.07, 6.45) is 0. The number of thiophene rings is 1. The van der Waals surface area contributed by atoms with Crippen LogP contribution in [-0.4, -0.2) is 0 Å². The molecule has 1 atom stereocenters. The first kappa shape index (κ1) is 42.9. The molecule has 0 saturated heterocycles. The van der Waals surface area contributed by atoms with Crippen molar-refractivity contribution in [1.29, 1.82) is 0 Å². The molecule has 1 spiro atoms. The first-order valence-electron chi connectivity index (χ1n) is 26.2. The summed E-state index contributed by atoms with van der Waals surface area (Å²) >= 11 is 1.90. The topological polar surface area (TPSA) is 6.48 Å². The molecular formula is C73H46N2S. The van der Waals surface area contributed by atoms with Crippen molar-refractivity contribution in [1.82, 2.24) is 0 Å². The standard InChI is InChI=1S/C73H46N2S/c1-3-21-47(22-4-1)48-23-19-26-50(45-48)74(67-39-20-35-59-55-30-10-9-29-54(55)58-32-13-17-38-66(58)75(72(59)67)49-24-5-2-6-25-49)51-41-42-57-53-28-8-7-27-52(53)56-31-11-15-36-62(56)73(65(57)46-51)63-37-16-12-33-60(63)70-64(73)43-44-69-71(70)61-34-14-18-40-68(61)76-69/h1-46H. The van der Waals surface area contributed by atoms with Crippen LogP contribution < -0.4 is 9.80 Å². The number of para-hydroxylation sites is 3. The summed E-state index contributed by atoms with van der Waals surface area (Å²) in [7, 11) is 0. The molecule has 1 unspecified atom stereocenters. The Labute approximate surface area is 446 Å². The van der Waals surface area contributed by atoms with Gasteiger partial charge in [-0.3, -0.25) is 0 Å². The molecule has 3 aliphatic rings. The summed E-state index contributed by atoms with van der Waals surface area (Å²) in [6, 6.07) is 105. The van der Waals surface area contributed by atoms with Gasteiger partial charge in [0.1, 0.15) is 0 Å². The molecule has 16 rings (SSSR count). The minimum atomic E-state index is -0.705. The Bertz CT molecular complexity index is 4490. The fourth-order valence-electron chi connectivity index (χ4n) is 13.4. The zero-order valence-corrected chi connectivity index (χ0v) is 42.2. The van der Waals surface area contributed by atoms with Crippen LogP contribution in [0.3, 0.4) is 0 Å². The number of rotatable bonds is 5. The van der Waals surface area contributed by atoms with Crippen molar-refractivity contribution in [2.75, 3.05) is 9.80 Å². The SMILES string of the molecule is c1ccc(-c2cccc(N(c3ccc4c(c3)C3(c5ccccc5-c5ccccc5-4)c4ccccc4-c4c3ccc3sc5ccccc5c43)c3cccc4c3N(c3ccccc3)c3ccccc3-c3ccccc3-4)c2)cc1. The lowest BCUT2D eigenvalue weighted by atomic mass is 9.65. The number of nitrogens with zero attached hydrogens (tertiary/aromatic N) is 2. The van der Waals surface area contributed by atoms with Crippen molar-refractivity contribution in [2.45, 2.75) is 5.41 Å². The molecular weight excluding hydrogens is 937 g/mol. The van der Waals surface area contributed by atoms with Crippen molar-refractivity contribution in [3.05, 3.63) is 301 Å². The second-order valence-electron chi connectivity index (χ2n) is 20.2. The van der Waals surface area contributed by atoms with E-state index in [1.54, 1.807) is 0 Å². The summed E-state index contributed by atoms with van der Waals surface area (Å²) < 4.78 is 2.62. The second kappa shape index (κ2) is 16.7. The van der Waals surface area contributed by atoms with E-state index < -0.39 is 5.41 Å². The van der Waals surface area contributed by atoms with Gasteiger partial charge in [0.05, 0.1) is 22.5 Å². The molecule has 0 bridgehead atoms. The van der Waals surface area contributed by atoms with E-state index in [1.165, 1.54) is 98.1 Å². The molecule has 3 heteroatoms. The smallest absolute Gasteiger partial charge is 0.0781 e. The zero-order valence-electron chi connectivity index (χ0n) is 41.4. The molecule has 354 valence electrons. The van der Waals surface area contributed by atoms with Gasteiger partial charge < -0.3 is 9.80 Å². The summed E-state index contributed by atoms with van der Waals surface area (Å²) in [5.74, 6) is 0. The van der Waals surface area contributed by atoms with Crippen molar-refractivity contribution in [3.63, 3.8) is 0 Å². The van der Waals surface area contributed by atoms with E-state index >= 15 is 0 Å². The maximum absolute atomic E-state index is 2.57. The van der Waals surface area contributed by atoms with E-state index in [2.05, 4.69) is 289 Å². The second-order valence-corrected chi connectivity index (χ2v) is 21.3. The first-order chi connectivity index (χ1) is 37.7. The number of hydrogen-bond acceptors (Lipinski definition) is 3. The number of benzene rings is 12. The van der Waals surface area contributed by atoms with Crippen LogP contribution in [0, 0.1) is 0 Å². The van der Waals surface area contributed by atoms with E-state index in [9.17, 15) is 0 Å². The van der Waals surface area contributed by atoms with Gasteiger partial charge in [-0.2, -0.15) is 0 Å². The average Bonchev–Trinajstić information content (AvgIpc) is 4.14. The van der Waals surface area contributed by atoms with E-state index in [0.717, 1.165) is 45.3 Å². The molecule has 2 heterocycles. The first-order valence-corrected chi connectivity index (χ1v) is 27.1. The van der Waals surface area contributed by atoms with Crippen LogP contribution in [0.2, 0.25) is 0 Å². The third-order valence-corrected chi connectivity index (χ3v) is 17.5. The van der Waals surface area contributed by atoms with Gasteiger partial charge in [0.2, 0.25) is 0 Å². The molecule has 76 heavy (non-hydrogen) atoms. The maximum Gasteiger partial charge on any atom is 0.0781 e. The van der Waals surface area contributed by atoms with Crippen LogP contribution in [0.15, 0.2) is 279 Å². The van der Waals surface area contributed by atoms with Crippen molar-refractivity contribution in [2.24, 2.45) is 0 Å². The van der Waals surface area contributed by atoms with Gasteiger partial charge in [-0.15, -0.1) is 11.3 Å². The minimum Gasteiger partial charge on any atom is -0.308 e. The van der Waals surface area contributed by atoms with E-state index in [-0.39, 0.29) is 0 Å². The zero-order chi connectivity index (χ0) is 49.9. The molecule has 1 aromatic heterocycles. The fourth-order valence-corrected chi connectivity index (χ4v) is 14.5. The molecule has 0 saturated carbocycles. The highest BCUT2D eigenvalue weighted by molar-refractivity contribution is 7.26.